The Morgan fingerprint density at radius 3 is 2.46 bits per heavy atom. The van der Waals surface area contributed by atoms with E-state index in [1.54, 1.807) is 18.2 Å². The van der Waals surface area contributed by atoms with Crippen LogP contribution >= 0.6 is 0 Å². The zero-order valence-electron chi connectivity index (χ0n) is 28.7. The van der Waals surface area contributed by atoms with Crippen LogP contribution in [0.4, 0.5) is 0 Å². The lowest BCUT2D eigenvalue weighted by Crippen LogP contribution is -2.59. The summed E-state index contributed by atoms with van der Waals surface area (Å²) < 4.78 is 0. The molecule has 48 heavy (non-hydrogen) atoms. The van der Waals surface area contributed by atoms with Crippen molar-refractivity contribution in [1.29, 1.82) is 0 Å². The number of aromatic hydroxyl groups is 1. The molecular formula is C38H54N6O4. The fraction of sp³-hybridized carbons (Fsp3) is 0.553. The standard InChI is InChI=1S/C38H54N6O4/c1-38(2,3)40-22-29-20-26-13-7-8-15-28(26)23-44(29)24-34(46)32(19-25-11-5-4-6-12-25)43-36(47)31(17-18-39)42-37(48)35-33(45)21-27-14-9-10-16-30(27)41-35/h4-6,9-12,14,16,21,26,28-29,31-32,34,40,45-46H,7-8,13,15,17-20,22-24,39H2,1-3H3,(H,42,48)(H,43,47)/t26?,28?,29-,31-,32-,34+/m0/s1. The van der Waals surface area contributed by atoms with Gasteiger partial charge in [-0.3, -0.25) is 14.5 Å². The van der Waals surface area contributed by atoms with Gasteiger partial charge in [0.15, 0.2) is 5.69 Å². The molecule has 2 fully saturated rings. The molecule has 0 bridgehead atoms. The van der Waals surface area contributed by atoms with E-state index in [2.05, 4.69) is 46.6 Å². The Bertz CT molecular complexity index is 1510. The lowest BCUT2D eigenvalue weighted by molar-refractivity contribution is -0.125. The van der Waals surface area contributed by atoms with Crippen LogP contribution in [-0.2, 0) is 11.2 Å². The SMILES string of the molecule is CC(C)(C)NC[C@@H]1CC2CCCCC2CN1C[C@@H](O)[C@H](Cc1ccccc1)NC(=O)[C@H](CCN)NC(=O)c1nc2ccccc2cc1O. The lowest BCUT2D eigenvalue weighted by Gasteiger charge is -2.48. The van der Waals surface area contributed by atoms with Gasteiger partial charge in [0.1, 0.15) is 11.8 Å². The molecule has 5 rings (SSSR count). The molecule has 2 heterocycles. The Morgan fingerprint density at radius 2 is 1.73 bits per heavy atom. The maximum Gasteiger partial charge on any atom is 0.274 e. The molecule has 1 saturated carbocycles. The first-order chi connectivity index (χ1) is 23.0. The van der Waals surface area contributed by atoms with Crippen LogP contribution < -0.4 is 21.7 Å². The van der Waals surface area contributed by atoms with E-state index in [0.29, 0.717) is 29.8 Å². The van der Waals surface area contributed by atoms with Crippen LogP contribution in [0.15, 0.2) is 60.7 Å². The molecule has 10 nitrogen and oxygen atoms in total. The Balaban J connectivity index is 1.33. The maximum absolute atomic E-state index is 13.9. The first-order valence-corrected chi connectivity index (χ1v) is 17.6. The number of β-amino-alcohol motifs (C(OH)–C–C–N with tert-alkyl or cyclic N) is 1. The average Bonchev–Trinajstić information content (AvgIpc) is 3.06. The van der Waals surface area contributed by atoms with Crippen molar-refractivity contribution in [2.24, 2.45) is 17.6 Å². The molecule has 6 atom stereocenters. The van der Waals surface area contributed by atoms with Crippen molar-refractivity contribution in [2.75, 3.05) is 26.2 Å². The number of aliphatic hydroxyl groups excluding tert-OH is 1. The van der Waals surface area contributed by atoms with E-state index >= 15 is 0 Å². The third kappa shape index (κ3) is 9.53. The van der Waals surface area contributed by atoms with E-state index in [1.807, 2.05) is 36.4 Å². The smallest absolute Gasteiger partial charge is 0.274 e. The molecule has 10 heteroatoms. The van der Waals surface area contributed by atoms with Gasteiger partial charge in [-0.25, -0.2) is 4.98 Å². The molecule has 2 amide bonds. The van der Waals surface area contributed by atoms with Crippen LogP contribution in [-0.4, -0.2) is 87.9 Å². The second-order valence-corrected chi connectivity index (χ2v) is 14.8. The number of rotatable bonds is 13. The number of pyridine rings is 1. The van der Waals surface area contributed by atoms with E-state index in [4.69, 9.17) is 5.73 Å². The first-order valence-electron chi connectivity index (χ1n) is 17.6. The highest BCUT2D eigenvalue weighted by molar-refractivity contribution is 6.00. The summed E-state index contributed by atoms with van der Waals surface area (Å²) in [5.41, 5.74) is 7.26. The number of nitrogens with two attached hydrogens (primary N) is 1. The maximum atomic E-state index is 13.9. The number of aromatic nitrogens is 1. The minimum Gasteiger partial charge on any atom is -0.505 e. The second-order valence-electron chi connectivity index (χ2n) is 14.8. The van der Waals surface area contributed by atoms with Gasteiger partial charge in [-0.2, -0.15) is 0 Å². The van der Waals surface area contributed by atoms with Gasteiger partial charge in [0.2, 0.25) is 5.91 Å². The number of fused-ring (bicyclic) bond motifs is 2. The number of amides is 2. The van der Waals surface area contributed by atoms with Crippen LogP contribution in [0.1, 0.15) is 75.3 Å². The van der Waals surface area contributed by atoms with Crippen LogP contribution in [0.5, 0.6) is 5.75 Å². The summed E-state index contributed by atoms with van der Waals surface area (Å²) >= 11 is 0. The van der Waals surface area contributed by atoms with Crippen LogP contribution in [0, 0.1) is 11.8 Å². The van der Waals surface area contributed by atoms with Crippen LogP contribution in [0.25, 0.3) is 10.9 Å². The molecule has 0 spiro atoms. The Kier molecular flexibility index (Phi) is 12.1. The summed E-state index contributed by atoms with van der Waals surface area (Å²) in [4.78, 5) is 34.0. The fourth-order valence-electron chi connectivity index (χ4n) is 7.38. The van der Waals surface area contributed by atoms with Gasteiger partial charge in [0.25, 0.3) is 5.91 Å². The van der Waals surface area contributed by atoms with Gasteiger partial charge < -0.3 is 31.9 Å². The van der Waals surface area contributed by atoms with Crippen molar-refractivity contribution >= 4 is 22.7 Å². The van der Waals surface area contributed by atoms with E-state index in [9.17, 15) is 19.8 Å². The van der Waals surface area contributed by atoms with Crippen molar-refractivity contribution in [3.63, 3.8) is 0 Å². The molecule has 0 radical (unpaired) electrons. The Morgan fingerprint density at radius 1 is 1.02 bits per heavy atom. The molecule has 260 valence electrons. The monoisotopic (exact) mass is 658 g/mol. The normalized spacial score (nSPS) is 22.0. The number of benzene rings is 2. The van der Waals surface area contributed by atoms with E-state index in [-0.39, 0.29) is 36.0 Å². The molecule has 1 saturated heterocycles. The number of carbonyl (C=O) groups is 2. The number of nitrogens with one attached hydrogen (secondary N) is 3. The second kappa shape index (κ2) is 16.2. The van der Waals surface area contributed by atoms with Crippen LogP contribution in [0.2, 0.25) is 0 Å². The zero-order chi connectivity index (χ0) is 34.3. The summed E-state index contributed by atoms with van der Waals surface area (Å²) in [5, 5.41) is 32.7. The van der Waals surface area contributed by atoms with Gasteiger partial charge in [0.05, 0.1) is 17.7 Å². The number of hydrogen-bond donors (Lipinski definition) is 6. The number of hydrogen-bond acceptors (Lipinski definition) is 8. The number of nitrogens with zero attached hydrogens (tertiary/aromatic N) is 2. The van der Waals surface area contributed by atoms with Gasteiger partial charge in [-0.05, 0) is 82.5 Å². The van der Waals surface area contributed by atoms with Crippen molar-refractivity contribution < 1.29 is 19.8 Å². The molecule has 1 aromatic heterocycles. The summed E-state index contributed by atoms with van der Waals surface area (Å²) in [7, 11) is 0. The highest BCUT2D eigenvalue weighted by Crippen LogP contribution is 2.38. The summed E-state index contributed by atoms with van der Waals surface area (Å²) in [6, 6.07) is 17.2. The zero-order valence-corrected chi connectivity index (χ0v) is 28.7. The molecule has 2 aliphatic rings. The number of aliphatic hydroxyl groups is 1. The quantitative estimate of drug-likeness (QED) is 0.163. The largest absolute Gasteiger partial charge is 0.505 e. The Labute approximate surface area is 284 Å². The minimum atomic E-state index is -0.984. The number of piperidine rings is 1. The van der Waals surface area contributed by atoms with E-state index in [0.717, 1.165) is 31.0 Å². The molecular weight excluding hydrogens is 604 g/mol. The minimum absolute atomic E-state index is 0.0148. The van der Waals surface area contributed by atoms with Crippen LogP contribution in [0.3, 0.4) is 0 Å². The lowest BCUT2D eigenvalue weighted by atomic mass is 9.72. The topological polar surface area (TPSA) is 153 Å². The van der Waals surface area contributed by atoms with E-state index < -0.39 is 30.0 Å². The van der Waals surface area contributed by atoms with Gasteiger partial charge >= 0.3 is 0 Å². The van der Waals surface area contributed by atoms with Gasteiger partial charge in [-0.15, -0.1) is 0 Å². The summed E-state index contributed by atoms with van der Waals surface area (Å²) in [5.74, 6) is -0.0329. The molecule has 3 aromatic rings. The first kappa shape index (κ1) is 35.7. The van der Waals surface area contributed by atoms with Crippen molar-refractivity contribution in [3.05, 3.63) is 71.9 Å². The molecule has 1 aliphatic carbocycles. The molecule has 1 aliphatic heterocycles. The summed E-state index contributed by atoms with van der Waals surface area (Å²) in [6.45, 7) is 8.90. The number of para-hydroxylation sites is 1. The predicted molar refractivity (Wildman–Crippen MR) is 190 cm³/mol. The van der Waals surface area contributed by atoms with Crippen molar-refractivity contribution in [2.45, 2.75) is 95.5 Å². The highest BCUT2D eigenvalue weighted by atomic mass is 16.3. The predicted octanol–water partition coefficient (Wildman–Crippen LogP) is 3.74. The molecule has 2 aromatic carbocycles. The third-order valence-corrected chi connectivity index (χ3v) is 10.0. The summed E-state index contributed by atoms with van der Waals surface area (Å²) in [6.07, 6.45) is 5.92. The fourth-order valence-corrected chi connectivity index (χ4v) is 7.38. The van der Waals surface area contributed by atoms with Gasteiger partial charge in [0, 0.05) is 36.6 Å². The number of carbonyl (C=O) groups excluding carboxylic acids is 2. The van der Waals surface area contributed by atoms with Crippen molar-refractivity contribution in [1.82, 2.24) is 25.8 Å². The Hall–Kier alpha value is -3.57. The average molecular weight is 659 g/mol. The highest BCUT2D eigenvalue weighted by Gasteiger charge is 2.39. The third-order valence-electron chi connectivity index (χ3n) is 10.0. The van der Waals surface area contributed by atoms with Crippen molar-refractivity contribution in [3.8, 4) is 5.75 Å². The number of likely N-dealkylation sites (tertiary alicyclic amines) is 1. The van der Waals surface area contributed by atoms with Gasteiger partial charge in [-0.1, -0.05) is 67.8 Å². The van der Waals surface area contributed by atoms with E-state index in [1.165, 1.54) is 31.7 Å². The molecule has 2 unspecified atom stereocenters. The molecule has 7 N–H and O–H groups in total.